The Morgan fingerprint density at radius 2 is 1.91 bits per heavy atom. The van der Waals surface area contributed by atoms with E-state index < -0.39 is 11.5 Å². The van der Waals surface area contributed by atoms with Gasteiger partial charge < -0.3 is 20.5 Å². The van der Waals surface area contributed by atoms with E-state index in [1.165, 1.54) is 4.68 Å². The molecule has 1 unspecified atom stereocenters. The average molecular weight is 447 g/mol. The van der Waals surface area contributed by atoms with Crippen molar-refractivity contribution in [3.8, 4) is 22.7 Å². The number of hydrogen-bond donors (Lipinski definition) is 3. The van der Waals surface area contributed by atoms with Crippen molar-refractivity contribution in [3.05, 3.63) is 60.4 Å². The van der Waals surface area contributed by atoms with E-state index in [2.05, 4.69) is 33.2 Å². The van der Waals surface area contributed by atoms with Gasteiger partial charge in [0.05, 0.1) is 42.1 Å². The maximum absolute atomic E-state index is 9.38. The first-order valence-corrected chi connectivity index (χ1v) is 10.8. The predicted octanol–water partition coefficient (Wildman–Crippen LogP) is 2.21. The summed E-state index contributed by atoms with van der Waals surface area (Å²) in [5, 5.41) is 27.3. The molecule has 170 valence electrons. The lowest BCUT2D eigenvalue weighted by Gasteiger charge is -2.26. The minimum atomic E-state index is -0.515. The normalized spacial score (nSPS) is 15.6. The number of aliphatic hydroxyl groups is 2. The zero-order chi connectivity index (χ0) is 23.0. The van der Waals surface area contributed by atoms with Crippen LogP contribution < -0.4 is 5.73 Å². The highest BCUT2D eigenvalue weighted by Crippen LogP contribution is 2.50. The second kappa shape index (κ2) is 8.38. The molecule has 0 aromatic carbocycles. The van der Waals surface area contributed by atoms with Crippen LogP contribution in [0.3, 0.4) is 0 Å². The van der Waals surface area contributed by atoms with Gasteiger partial charge in [0, 0.05) is 24.2 Å². The van der Waals surface area contributed by atoms with Crippen LogP contribution in [0.2, 0.25) is 0 Å². The van der Waals surface area contributed by atoms with Gasteiger partial charge in [-0.15, -0.1) is 0 Å². The Balaban J connectivity index is 1.45. The molecular formula is C23H25N7O3. The van der Waals surface area contributed by atoms with Gasteiger partial charge >= 0.3 is 0 Å². The van der Waals surface area contributed by atoms with Crippen LogP contribution in [0.15, 0.2) is 53.6 Å². The fourth-order valence-corrected chi connectivity index (χ4v) is 4.06. The van der Waals surface area contributed by atoms with E-state index in [4.69, 9.17) is 15.2 Å². The highest BCUT2D eigenvalue weighted by Gasteiger charge is 2.47. The zero-order valence-corrected chi connectivity index (χ0v) is 18.2. The monoisotopic (exact) mass is 447 g/mol. The third-order valence-electron chi connectivity index (χ3n) is 6.37. The van der Waals surface area contributed by atoms with Crippen LogP contribution >= 0.6 is 0 Å². The molecule has 33 heavy (non-hydrogen) atoms. The summed E-state index contributed by atoms with van der Waals surface area (Å²) < 4.78 is 7.07. The Morgan fingerprint density at radius 1 is 1.09 bits per heavy atom. The molecule has 0 aliphatic heterocycles. The van der Waals surface area contributed by atoms with Crippen molar-refractivity contribution in [2.45, 2.75) is 31.2 Å². The molecule has 1 fully saturated rings. The van der Waals surface area contributed by atoms with Crippen LogP contribution in [-0.2, 0) is 5.41 Å². The van der Waals surface area contributed by atoms with Gasteiger partial charge in [-0.25, -0.2) is 4.98 Å². The number of hydrogen-bond acceptors (Lipinski definition) is 9. The molecule has 10 nitrogen and oxygen atoms in total. The highest BCUT2D eigenvalue weighted by atomic mass is 16.5. The average Bonchev–Trinajstić information content (AvgIpc) is 3.38. The van der Waals surface area contributed by atoms with E-state index in [0.29, 0.717) is 29.0 Å². The number of aliphatic hydroxyl groups excluding tert-OH is 2. The molecule has 0 saturated heterocycles. The lowest BCUT2D eigenvalue weighted by Crippen LogP contribution is -2.28. The summed E-state index contributed by atoms with van der Waals surface area (Å²) in [6, 6.07) is 7.16. The van der Waals surface area contributed by atoms with Crippen molar-refractivity contribution in [2.75, 3.05) is 18.9 Å². The first-order chi connectivity index (χ1) is 16.0. The summed E-state index contributed by atoms with van der Waals surface area (Å²) in [5.74, 6) is 1.80. The van der Waals surface area contributed by atoms with Gasteiger partial charge in [-0.2, -0.15) is 10.1 Å². The Morgan fingerprint density at radius 3 is 2.55 bits per heavy atom. The molecule has 0 radical (unpaired) electrons. The largest absolute Gasteiger partial charge is 0.394 e. The number of rotatable bonds is 8. The SMILES string of the molecule is CC(c1ccc(-c2ccc(N)nc2)nc1)(c1noc(-c2cnn(C(CO)CO)c2)n1)C1CC1. The fourth-order valence-electron chi connectivity index (χ4n) is 4.06. The van der Waals surface area contributed by atoms with E-state index in [1.807, 2.05) is 18.3 Å². The van der Waals surface area contributed by atoms with Crippen molar-refractivity contribution < 1.29 is 14.7 Å². The fraction of sp³-hybridized carbons (Fsp3) is 0.348. The Kier molecular flexibility index (Phi) is 5.39. The van der Waals surface area contributed by atoms with Crippen molar-refractivity contribution in [3.63, 3.8) is 0 Å². The summed E-state index contributed by atoms with van der Waals surface area (Å²) in [7, 11) is 0. The summed E-state index contributed by atoms with van der Waals surface area (Å²) in [6.45, 7) is 1.68. The Bertz CT molecular complexity index is 1230. The molecule has 1 atom stereocenters. The molecule has 1 aliphatic rings. The van der Waals surface area contributed by atoms with Crippen LogP contribution in [0.25, 0.3) is 22.7 Å². The van der Waals surface area contributed by atoms with E-state index in [0.717, 1.165) is 29.7 Å². The molecular weight excluding hydrogens is 422 g/mol. The summed E-state index contributed by atoms with van der Waals surface area (Å²) >= 11 is 0. The minimum absolute atomic E-state index is 0.220. The third kappa shape index (κ3) is 3.87. The molecule has 4 N–H and O–H groups in total. The maximum atomic E-state index is 9.38. The first-order valence-electron chi connectivity index (χ1n) is 10.8. The molecule has 4 aromatic heterocycles. The first kappa shape index (κ1) is 21.2. The van der Waals surface area contributed by atoms with E-state index in [1.54, 1.807) is 24.7 Å². The van der Waals surface area contributed by atoms with Gasteiger partial charge in [0.1, 0.15) is 5.82 Å². The van der Waals surface area contributed by atoms with E-state index >= 15 is 0 Å². The second-order valence-electron chi connectivity index (χ2n) is 8.53. The molecule has 4 heterocycles. The standard InChI is InChI=1S/C23H25N7O3/c1-23(16-3-4-16,17-5-6-19(25-10-17)14-2-7-20(24)26-8-14)22-28-21(33-29-22)15-9-27-30(11-15)18(12-31)13-32/h2,5-11,16,18,31-32H,3-4,12-13H2,1H3,(H2,24,26). The van der Waals surface area contributed by atoms with Gasteiger partial charge in [-0.05, 0) is 49.4 Å². The number of nitrogen functional groups attached to an aromatic ring is 1. The van der Waals surface area contributed by atoms with Crippen LogP contribution in [-0.4, -0.2) is 53.3 Å². The van der Waals surface area contributed by atoms with E-state index in [-0.39, 0.29) is 13.2 Å². The second-order valence-corrected chi connectivity index (χ2v) is 8.53. The topological polar surface area (TPSA) is 149 Å². The molecule has 10 heteroatoms. The van der Waals surface area contributed by atoms with E-state index in [9.17, 15) is 10.2 Å². The smallest absolute Gasteiger partial charge is 0.261 e. The number of pyridine rings is 2. The van der Waals surface area contributed by atoms with Crippen LogP contribution in [0, 0.1) is 5.92 Å². The Hall–Kier alpha value is -3.63. The van der Waals surface area contributed by atoms with Gasteiger partial charge in [-0.3, -0.25) is 9.67 Å². The summed E-state index contributed by atoms with van der Waals surface area (Å²) in [4.78, 5) is 13.5. The molecule has 5 rings (SSSR count). The number of aromatic nitrogens is 6. The number of nitrogens with two attached hydrogens (primary N) is 1. The lowest BCUT2D eigenvalue weighted by molar-refractivity contribution is 0.146. The molecule has 1 aliphatic carbocycles. The molecule has 0 bridgehead atoms. The Labute approximate surface area is 190 Å². The lowest BCUT2D eigenvalue weighted by atomic mass is 9.77. The minimum Gasteiger partial charge on any atom is -0.394 e. The number of anilines is 1. The van der Waals surface area contributed by atoms with Gasteiger partial charge in [-0.1, -0.05) is 11.2 Å². The van der Waals surface area contributed by atoms with Crippen LogP contribution in [0.5, 0.6) is 0 Å². The zero-order valence-electron chi connectivity index (χ0n) is 18.2. The maximum Gasteiger partial charge on any atom is 0.261 e. The van der Waals surface area contributed by atoms with Crippen LogP contribution in [0.4, 0.5) is 5.82 Å². The quantitative estimate of drug-likeness (QED) is 0.369. The third-order valence-corrected chi connectivity index (χ3v) is 6.37. The highest BCUT2D eigenvalue weighted by molar-refractivity contribution is 5.59. The van der Waals surface area contributed by atoms with Gasteiger partial charge in [0.25, 0.3) is 5.89 Å². The predicted molar refractivity (Wildman–Crippen MR) is 120 cm³/mol. The van der Waals surface area contributed by atoms with Crippen molar-refractivity contribution in [1.82, 2.24) is 29.9 Å². The van der Waals surface area contributed by atoms with Gasteiger partial charge in [0.2, 0.25) is 0 Å². The molecule has 1 saturated carbocycles. The van der Waals surface area contributed by atoms with Gasteiger partial charge in [0.15, 0.2) is 5.82 Å². The van der Waals surface area contributed by atoms with Crippen molar-refractivity contribution >= 4 is 5.82 Å². The molecule has 4 aromatic rings. The van der Waals surface area contributed by atoms with Crippen molar-refractivity contribution in [1.29, 1.82) is 0 Å². The molecule has 0 spiro atoms. The van der Waals surface area contributed by atoms with Crippen molar-refractivity contribution in [2.24, 2.45) is 5.92 Å². The van der Waals surface area contributed by atoms with Crippen LogP contribution in [0.1, 0.15) is 37.2 Å². The summed E-state index contributed by atoms with van der Waals surface area (Å²) in [6.07, 6.45) is 9.00. The molecule has 0 amide bonds. The summed E-state index contributed by atoms with van der Waals surface area (Å²) in [5.41, 5.74) is 8.59. The number of nitrogens with zero attached hydrogens (tertiary/aromatic N) is 6.